The van der Waals surface area contributed by atoms with Gasteiger partial charge in [-0.3, -0.25) is 0 Å². The molecule has 0 heterocycles. The van der Waals surface area contributed by atoms with Crippen LogP contribution in [0.15, 0.2) is 33.6 Å². The molecule has 0 aliphatic heterocycles. The molecule has 0 saturated heterocycles. The topological polar surface area (TPSA) is 65.2 Å². The van der Waals surface area contributed by atoms with Gasteiger partial charge in [0.05, 0.1) is 11.4 Å². The molecule has 4 nitrogen and oxygen atoms in total. The minimum atomic E-state index is 0.361. The van der Waals surface area contributed by atoms with Gasteiger partial charge in [0.1, 0.15) is 0 Å². The molecule has 2 N–H and O–H groups in total. The van der Waals surface area contributed by atoms with E-state index in [4.69, 9.17) is 0 Å². The summed E-state index contributed by atoms with van der Waals surface area (Å²) in [7, 11) is 0. The third kappa shape index (κ3) is 8.11. The van der Waals surface area contributed by atoms with E-state index in [9.17, 15) is 10.4 Å². The molecule has 8 rings (SSSR count). The van der Waals surface area contributed by atoms with Crippen LogP contribution in [-0.4, -0.2) is 21.8 Å². The summed E-state index contributed by atoms with van der Waals surface area (Å²) in [5.41, 5.74) is 6.90. The molecular weight excluding hydrogens is 709 g/mol. The average Bonchev–Trinajstić information content (AvgIpc) is 3.74. The van der Waals surface area contributed by atoms with Crippen LogP contribution in [0.1, 0.15) is 210 Å². The van der Waals surface area contributed by atoms with Crippen LogP contribution in [0.3, 0.4) is 0 Å². The summed E-state index contributed by atoms with van der Waals surface area (Å²) in [5, 5.41) is 25.6. The van der Waals surface area contributed by atoms with Gasteiger partial charge in [-0.1, -0.05) is 129 Å². The molecule has 0 aromatic heterocycles. The molecule has 0 spiro atoms. The average molecular weight is 799 g/mol. The first-order chi connectivity index (χ1) is 27.6. The van der Waals surface area contributed by atoms with Crippen LogP contribution < -0.4 is 0 Å². The van der Waals surface area contributed by atoms with Crippen LogP contribution in [0.5, 0.6) is 0 Å². The van der Waals surface area contributed by atoms with Crippen LogP contribution in [0.4, 0.5) is 0 Å². The summed E-state index contributed by atoms with van der Waals surface area (Å²) in [5.74, 6) is 10.9. The molecule has 0 bridgehead atoms. The Morgan fingerprint density at radius 1 is 0.500 bits per heavy atom. The number of oxime groups is 2. The van der Waals surface area contributed by atoms with Crippen LogP contribution in [-0.2, 0) is 0 Å². The first-order valence-electron chi connectivity index (χ1n) is 25.4. The first-order valence-corrected chi connectivity index (χ1v) is 25.4. The molecule has 0 amide bonds. The highest BCUT2D eigenvalue weighted by atomic mass is 16.4. The molecule has 6 fully saturated rings. The Labute approximate surface area is 357 Å². The molecule has 4 heteroatoms. The van der Waals surface area contributed by atoms with Crippen molar-refractivity contribution >= 4 is 11.4 Å². The second kappa shape index (κ2) is 17.7. The second-order valence-corrected chi connectivity index (χ2v) is 24.2. The predicted molar refractivity (Wildman–Crippen MR) is 245 cm³/mol. The SMILES string of the molecule is CC(C)CCC[C@@H](C)[C@H]1CC[C@H]2[C@@H]3CCC4=C/C(=N/O)CC[C@]4(C)[C@H]3CC[C@]12C.CC(C)CCC[C@@H](C)[C@H]1CC[C@H]2[C@@H]3CCC4=C/C(=N\O)CC[C@]4(C)[C@H]3CC[C@]12C. The zero-order valence-electron chi connectivity index (χ0n) is 39.4. The van der Waals surface area contributed by atoms with Crippen molar-refractivity contribution < 1.29 is 10.4 Å². The molecule has 328 valence electrons. The lowest BCUT2D eigenvalue weighted by Crippen LogP contribution is -2.51. The Balaban J connectivity index is 0.000000177. The fraction of sp³-hybridized carbons (Fsp3) is 0.889. The molecule has 58 heavy (non-hydrogen) atoms. The minimum absolute atomic E-state index is 0.361. The van der Waals surface area contributed by atoms with Crippen LogP contribution >= 0.6 is 0 Å². The maximum Gasteiger partial charge on any atom is 0.0795 e. The fourth-order valence-electron chi connectivity index (χ4n) is 17.3. The maximum atomic E-state index is 9.27. The second-order valence-electron chi connectivity index (χ2n) is 24.2. The minimum Gasteiger partial charge on any atom is -0.411 e. The van der Waals surface area contributed by atoms with Crippen molar-refractivity contribution in [2.45, 2.75) is 210 Å². The van der Waals surface area contributed by atoms with Crippen LogP contribution in [0.25, 0.3) is 0 Å². The molecule has 8 aliphatic carbocycles. The fourth-order valence-corrected chi connectivity index (χ4v) is 17.3. The van der Waals surface area contributed by atoms with Gasteiger partial charge in [0.15, 0.2) is 0 Å². The van der Waals surface area contributed by atoms with Crippen molar-refractivity contribution in [1.29, 1.82) is 0 Å². The largest absolute Gasteiger partial charge is 0.411 e. The number of allylic oxidation sites excluding steroid dienone is 4. The highest BCUT2D eigenvalue weighted by Gasteiger charge is 2.61. The quantitative estimate of drug-likeness (QED) is 0.171. The molecule has 0 unspecified atom stereocenters. The van der Waals surface area contributed by atoms with Crippen LogP contribution in [0, 0.1) is 92.7 Å². The van der Waals surface area contributed by atoms with E-state index in [2.05, 4.69) is 91.7 Å². The van der Waals surface area contributed by atoms with Crippen molar-refractivity contribution in [2.75, 3.05) is 0 Å². The Kier molecular flexibility index (Phi) is 13.5. The standard InChI is InChI=1S/2C27H45NO/c2*1-18(2)7-6-8-19(3)23-11-12-24-22-10-9-20-17-21(28-29)13-15-26(20,4)25(22)14-16-27(23,24)5/h2*17-19,22-25,29H,6-16H2,1-5H3/b28-21+;28-21-/t2*19-,22+,23-,24+,25+,26+,27-/m11/s1. The molecule has 0 radical (unpaired) electrons. The smallest absolute Gasteiger partial charge is 0.0795 e. The van der Waals surface area contributed by atoms with E-state index >= 15 is 0 Å². The normalized spacial score (nSPS) is 44.2. The van der Waals surface area contributed by atoms with E-state index in [1.807, 2.05) is 0 Å². The first kappa shape index (κ1) is 44.5. The third-order valence-electron chi connectivity index (χ3n) is 20.6. The molecular formula is C54H90N2O2. The van der Waals surface area contributed by atoms with Gasteiger partial charge in [-0.15, -0.1) is 0 Å². The lowest BCUT2D eigenvalue weighted by atomic mass is 9.46. The van der Waals surface area contributed by atoms with Gasteiger partial charge in [0, 0.05) is 0 Å². The van der Waals surface area contributed by atoms with Crippen molar-refractivity contribution in [3.05, 3.63) is 23.3 Å². The van der Waals surface area contributed by atoms with Gasteiger partial charge in [0.2, 0.25) is 0 Å². The Morgan fingerprint density at radius 3 is 1.26 bits per heavy atom. The Hall–Kier alpha value is -1.58. The van der Waals surface area contributed by atoms with Crippen molar-refractivity contribution in [2.24, 2.45) is 103 Å². The molecule has 0 aromatic carbocycles. The monoisotopic (exact) mass is 799 g/mol. The van der Waals surface area contributed by atoms with Gasteiger partial charge in [-0.25, -0.2) is 0 Å². The van der Waals surface area contributed by atoms with Crippen LogP contribution in [0.2, 0.25) is 0 Å². The zero-order chi connectivity index (χ0) is 41.6. The Morgan fingerprint density at radius 2 is 0.897 bits per heavy atom. The Bertz CT molecular complexity index is 1440. The maximum absolute atomic E-state index is 9.27. The molecule has 0 aromatic rings. The lowest BCUT2D eigenvalue weighted by Gasteiger charge is -2.58. The molecule has 14 atom stereocenters. The van der Waals surface area contributed by atoms with E-state index in [0.29, 0.717) is 21.7 Å². The van der Waals surface area contributed by atoms with E-state index in [1.54, 1.807) is 11.1 Å². The van der Waals surface area contributed by atoms with Crippen molar-refractivity contribution in [3.8, 4) is 0 Å². The summed E-state index contributed by atoms with van der Waals surface area (Å²) < 4.78 is 0. The summed E-state index contributed by atoms with van der Waals surface area (Å²) >= 11 is 0. The van der Waals surface area contributed by atoms with Crippen molar-refractivity contribution in [3.63, 3.8) is 0 Å². The van der Waals surface area contributed by atoms with Gasteiger partial charge in [0.25, 0.3) is 0 Å². The number of nitrogens with zero attached hydrogens (tertiary/aromatic N) is 2. The highest BCUT2D eigenvalue weighted by molar-refractivity contribution is 5.96. The van der Waals surface area contributed by atoms with Gasteiger partial charge in [-0.05, 0) is 208 Å². The molecule has 6 saturated carbocycles. The van der Waals surface area contributed by atoms with Gasteiger partial charge >= 0.3 is 0 Å². The van der Waals surface area contributed by atoms with E-state index in [1.165, 1.54) is 128 Å². The molecule has 8 aliphatic rings. The van der Waals surface area contributed by atoms with E-state index in [0.717, 1.165) is 95.3 Å². The van der Waals surface area contributed by atoms with Gasteiger partial charge in [-0.2, -0.15) is 0 Å². The summed E-state index contributed by atoms with van der Waals surface area (Å²) in [6, 6.07) is 0. The lowest BCUT2D eigenvalue weighted by molar-refractivity contribution is -0.0574. The number of hydrogen-bond donors (Lipinski definition) is 2. The number of rotatable bonds is 10. The van der Waals surface area contributed by atoms with Gasteiger partial charge < -0.3 is 10.4 Å². The number of hydrogen-bond acceptors (Lipinski definition) is 4. The summed E-state index contributed by atoms with van der Waals surface area (Å²) in [6.45, 7) is 25.1. The highest BCUT2D eigenvalue weighted by Crippen LogP contribution is 2.69. The predicted octanol–water partition coefficient (Wildman–Crippen LogP) is 15.7. The number of fused-ring (bicyclic) bond motifs is 10. The summed E-state index contributed by atoms with van der Waals surface area (Å²) in [6.07, 6.45) is 34.2. The summed E-state index contributed by atoms with van der Waals surface area (Å²) in [4.78, 5) is 0. The van der Waals surface area contributed by atoms with E-state index in [-0.39, 0.29) is 0 Å². The zero-order valence-corrected chi connectivity index (χ0v) is 39.4. The third-order valence-corrected chi connectivity index (χ3v) is 20.6. The van der Waals surface area contributed by atoms with E-state index < -0.39 is 0 Å². The van der Waals surface area contributed by atoms with Crippen molar-refractivity contribution in [1.82, 2.24) is 0 Å².